The molecule has 13 N–H and O–H groups in total. The second-order valence-corrected chi connectivity index (χ2v) is 19.1. The van der Waals surface area contributed by atoms with Gasteiger partial charge < -0.3 is 59.0 Å². The highest BCUT2D eigenvalue weighted by Crippen LogP contribution is 2.34. The lowest BCUT2D eigenvalue weighted by atomic mass is 9.76. The summed E-state index contributed by atoms with van der Waals surface area (Å²) in [4.78, 5) is 128. The lowest BCUT2D eigenvalue weighted by molar-refractivity contribution is -0.139. The summed E-state index contributed by atoms with van der Waals surface area (Å²) in [5, 5.41) is 23.3. The highest BCUT2D eigenvalue weighted by molar-refractivity contribution is 6.31. The van der Waals surface area contributed by atoms with Gasteiger partial charge in [0.15, 0.2) is 0 Å². The van der Waals surface area contributed by atoms with Gasteiger partial charge in [0.1, 0.15) is 35.7 Å². The van der Waals surface area contributed by atoms with Gasteiger partial charge in [0.05, 0.1) is 6.42 Å². The zero-order valence-electron chi connectivity index (χ0n) is 40.9. The Hall–Kier alpha value is -7.48. The number of hydrogen-bond acceptors (Lipinski definition) is 9. The van der Waals surface area contributed by atoms with Crippen LogP contribution in [0.1, 0.15) is 93.4 Å². The number of benzene rings is 3. The van der Waals surface area contributed by atoms with E-state index in [0.717, 1.165) is 16.5 Å². The van der Waals surface area contributed by atoms with E-state index in [4.69, 9.17) is 23.1 Å². The maximum atomic E-state index is 15.2. The minimum atomic E-state index is -1.75. The average Bonchev–Trinajstić information content (AvgIpc) is 3.77. The first-order chi connectivity index (χ1) is 35.0. The molecular formula is C52H66ClN11O9. The molecule has 390 valence electrons. The predicted molar refractivity (Wildman–Crippen MR) is 273 cm³/mol. The summed E-state index contributed by atoms with van der Waals surface area (Å²) >= 11 is 6.63. The number of carbonyl (C=O) groups excluding carboxylic acids is 9. The molecule has 3 aromatic carbocycles. The van der Waals surface area contributed by atoms with Crippen LogP contribution in [0.4, 0.5) is 4.79 Å². The third-order valence-corrected chi connectivity index (χ3v) is 13.6. The molecule has 0 radical (unpaired) electrons. The van der Waals surface area contributed by atoms with Crippen molar-refractivity contribution in [2.45, 2.75) is 133 Å². The van der Waals surface area contributed by atoms with Crippen LogP contribution < -0.4 is 54.0 Å². The SMILES string of the molecule is CCCCC(=O)NC1CC(=O)NCCCC[C@@H](C(N)=O)NC(=O)[C@H](Cc2c[nH]c3ccccc23)NC(=O)[C@H](CCCNC(N)=O)NC(=O)[C@@H](Cc2ccccc2)NC(=O)[C@@]2(CCc3c(Cl)cccc3C2)NC1=O. The number of rotatable bonds is 13. The van der Waals surface area contributed by atoms with Gasteiger partial charge in [0.2, 0.25) is 47.3 Å². The number of H-pyrrole nitrogens is 1. The maximum absolute atomic E-state index is 15.2. The van der Waals surface area contributed by atoms with Crippen LogP contribution in [0.2, 0.25) is 5.02 Å². The van der Waals surface area contributed by atoms with Crippen molar-refractivity contribution in [1.82, 2.24) is 47.5 Å². The number of aromatic nitrogens is 1. The largest absolute Gasteiger partial charge is 0.368 e. The molecule has 21 heteroatoms. The first kappa shape index (κ1) is 54.8. The Morgan fingerprint density at radius 3 is 2.25 bits per heavy atom. The molecule has 1 saturated heterocycles. The molecule has 1 aromatic heterocycles. The number of nitrogens with two attached hydrogens (primary N) is 2. The van der Waals surface area contributed by atoms with Crippen molar-refractivity contribution in [2.24, 2.45) is 11.5 Å². The molecule has 0 bridgehead atoms. The van der Waals surface area contributed by atoms with E-state index in [-0.39, 0.29) is 70.9 Å². The number of aromatic amines is 1. The van der Waals surface area contributed by atoms with E-state index in [1.165, 1.54) is 0 Å². The molecule has 20 nitrogen and oxygen atoms in total. The first-order valence-electron chi connectivity index (χ1n) is 24.8. The molecule has 6 atom stereocenters. The van der Waals surface area contributed by atoms with E-state index in [1.807, 2.05) is 31.2 Å². The number of primary amides is 2. The molecule has 2 heterocycles. The number of nitrogens with one attached hydrogen (secondary N) is 9. The molecule has 0 saturated carbocycles. The van der Waals surface area contributed by atoms with Crippen molar-refractivity contribution >= 4 is 75.8 Å². The number of unbranched alkanes of at least 4 members (excludes halogenated alkanes) is 1. The van der Waals surface area contributed by atoms with Crippen molar-refractivity contribution in [2.75, 3.05) is 13.1 Å². The van der Waals surface area contributed by atoms with Crippen molar-refractivity contribution in [3.8, 4) is 0 Å². The minimum Gasteiger partial charge on any atom is -0.368 e. The molecule has 1 aliphatic heterocycles. The van der Waals surface area contributed by atoms with Gasteiger partial charge in [0, 0.05) is 60.9 Å². The smallest absolute Gasteiger partial charge is 0.312 e. The third-order valence-electron chi connectivity index (χ3n) is 13.2. The van der Waals surface area contributed by atoms with Crippen LogP contribution in [-0.4, -0.2) is 107 Å². The number of urea groups is 1. The van der Waals surface area contributed by atoms with Crippen molar-refractivity contribution in [3.05, 3.63) is 106 Å². The predicted octanol–water partition coefficient (Wildman–Crippen LogP) is 1.89. The van der Waals surface area contributed by atoms with Gasteiger partial charge >= 0.3 is 6.03 Å². The maximum Gasteiger partial charge on any atom is 0.312 e. The summed E-state index contributed by atoms with van der Waals surface area (Å²) in [5.41, 5.74) is 12.9. The molecule has 2 aliphatic rings. The Balaban J connectivity index is 1.41. The van der Waals surface area contributed by atoms with Crippen molar-refractivity contribution in [1.29, 1.82) is 0 Å². The molecular weight excluding hydrogens is 958 g/mol. The summed E-state index contributed by atoms with van der Waals surface area (Å²) in [6, 6.07) is 13.9. The summed E-state index contributed by atoms with van der Waals surface area (Å²) in [5.74, 6) is -5.80. The van der Waals surface area contributed by atoms with Crippen molar-refractivity contribution < 1.29 is 43.2 Å². The number of para-hydroxylation sites is 1. The number of halogens is 1. The Morgan fingerprint density at radius 2 is 1.49 bits per heavy atom. The van der Waals surface area contributed by atoms with Gasteiger partial charge in [-0.25, -0.2) is 4.79 Å². The second kappa shape index (κ2) is 26.3. The molecule has 10 amide bonds. The fourth-order valence-electron chi connectivity index (χ4n) is 9.23. The second-order valence-electron chi connectivity index (χ2n) is 18.7. The summed E-state index contributed by atoms with van der Waals surface area (Å²) in [7, 11) is 0. The Morgan fingerprint density at radius 1 is 0.781 bits per heavy atom. The monoisotopic (exact) mass is 1020 g/mol. The van der Waals surface area contributed by atoms with E-state index in [2.05, 4.69) is 47.5 Å². The third kappa shape index (κ3) is 15.5. The van der Waals surface area contributed by atoms with Gasteiger partial charge in [-0.3, -0.25) is 38.4 Å². The lowest BCUT2D eigenvalue weighted by Gasteiger charge is -2.39. The Labute approximate surface area is 428 Å². The van der Waals surface area contributed by atoms with Crippen molar-refractivity contribution in [3.63, 3.8) is 0 Å². The zero-order chi connectivity index (χ0) is 52.5. The highest BCUT2D eigenvalue weighted by Gasteiger charge is 2.46. The van der Waals surface area contributed by atoms with E-state index in [1.54, 1.807) is 54.7 Å². The average molecular weight is 1020 g/mol. The summed E-state index contributed by atoms with van der Waals surface area (Å²) < 4.78 is 0. The van der Waals surface area contributed by atoms with E-state index in [0.29, 0.717) is 47.4 Å². The van der Waals surface area contributed by atoms with Crippen LogP contribution in [0.15, 0.2) is 79.0 Å². The topological polar surface area (TPSA) is 318 Å². The Bertz CT molecular complexity index is 2650. The first-order valence-corrected chi connectivity index (χ1v) is 25.2. The van der Waals surface area contributed by atoms with Crippen LogP contribution in [0, 0.1) is 0 Å². The molecule has 6 rings (SSSR count). The van der Waals surface area contributed by atoms with E-state index in [9.17, 15) is 38.4 Å². The number of amides is 10. The van der Waals surface area contributed by atoms with E-state index < -0.39 is 95.5 Å². The highest BCUT2D eigenvalue weighted by atomic mass is 35.5. The number of hydrogen-bond donors (Lipinski definition) is 11. The van der Waals surface area contributed by atoms with Crippen LogP contribution in [0.5, 0.6) is 0 Å². The number of fused-ring (bicyclic) bond motifs is 2. The normalized spacial score (nSPS) is 22.8. The summed E-state index contributed by atoms with van der Waals surface area (Å²) in [6.07, 6.45) is 3.27. The van der Waals surface area contributed by atoms with Crippen LogP contribution >= 0.6 is 11.6 Å². The fraction of sp³-hybridized carbons (Fsp3) is 0.442. The van der Waals surface area contributed by atoms with Crippen LogP contribution in [-0.2, 0) is 64.0 Å². The standard InChI is InChI=1S/C52H66ClN11O9/c1-2-3-21-43(65)59-42-28-44(66)56-24-10-9-19-38(45(54)67)60-48(70)41(27-33-30-58-37-18-8-7-16-35(33)37)62-46(68)39(20-12-25-57-51(55)73)61-47(69)40(26-31-13-5-4-6-14-31)63-50(72)52(64-49(42)71)23-22-34-32(29-52)15-11-17-36(34)53/h4-8,11,13-18,30,38-42,58H,2-3,9-10,12,19-29H2,1H3,(H2,54,67)(H,56,66)(H,59,65)(H,60,70)(H,61,69)(H,62,68)(H,63,72)(H,64,71)(H3,55,57,73)/t38-,39-,40+,41-,42?,52-/m0/s1. The zero-order valence-corrected chi connectivity index (χ0v) is 41.7. The minimum absolute atomic E-state index is 0.00769. The quantitative estimate of drug-likeness (QED) is 0.0871. The molecule has 1 unspecified atom stereocenters. The van der Waals surface area contributed by atoms with Crippen LogP contribution in [0.25, 0.3) is 10.9 Å². The number of carbonyl (C=O) groups is 9. The Kier molecular flexibility index (Phi) is 19.7. The van der Waals surface area contributed by atoms with Gasteiger partial charge in [-0.2, -0.15) is 0 Å². The lowest BCUT2D eigenvalue weighted by Crippen LogP contribution is -2.67. The van der Waals surface area contributed by atoms with Gasteiger partial charge in [-0.05, 0) is 85.8 Å². The molecule has 4 aromatic rings. The van der Waals surface area contributed by atoms with Gasteiger partial charge in [-0.15, -0.1) is 0 Å². The molecule has 1 spiro atoms. The van der Waals surface area contributed by atoms with Gasteiger partial charge in [0.25, 0.3) is 0 Å². The molecule has 73 heavy (non-hydrogen) atoms. The molecule has 1 fully saturated rings. The van der Waals surface area contributed by atoms with Gasteiger partial charge in [-0.1, -0.05) is 85.6 Å². The van der Waals surface area contributed by atoms with Crippen LogP contribution in [0.3, 0.4) is 0 Å². The van der Waals surface area contributed by atoms with E-state index >= 15 is 4.79 Å². The molecule has 1 aliphatic carbocycles. The summed E-state index contributed by atoms with van der Waals surface area (Å²) in [6.45, 7) is 2.02. The fourth-order valence-corrected chi connectivity index (χ4v) is 9.52.